The van der Waals surface area contributed by atoms with Gasteiger partial charge in [-0.05, 0) is 18.5 Å². The lowest BCUT2D eigenvalue weighted by Gasteiger charge is -2.29. The van der Waals surface area contributed by atoms with E-state index in [1.807, 2.05) is 0 Å². The lowest BCUT2D eigenvalue weighted by molar-refractivity contribution is 0.298. The summed E-state index contributed by atoms with van der Waals surface area (Å²) in [5, 5.41) is 0. The van der Waals surface area contributed by atoms with Crippen LogP contribution in [0, 0.1) is 0 Å². The fraction of sp³-hybridized carbons (Fsp3) is 1.00. The number of halogens is 1. The molecule has 0 aliphatic heterocycles. The van der Waals surface area contributed by atoms with Crippen LogP contribution in [0.1, 0.15) is 52.9 Å². The van der Waals surface area contributed by atoms with Crippen LogP contribution in [-0.2, 0) is 4.43 Å². The average molecular weight is 251 g/mol. The third kappa shape index (κ3) is 6.59. The number of alkyl halides is 1. The van der Waals surface area contributed by atoms with E-state index in [2.05, 4.69) is 20.8 Å². The van der Waals surface area contributed by atoms with E-state index < -0.39 is 8.32 Å². The third-order valence-electron chi connectivity index (χ3n) is 2.83. The fourth-order valence-electron chi connectivity index (χ4n) is 1.76. The normalized spacial score (nSPS) is 12.0. The van der Waals surface area contributed by atoms with E-state index in [1.165, 1.54) is 37.8 Å². The predicted octanol–water partition coefficient (Wildman–Crippen LogP) is 4.74. The van der Waals surface area contributed by atoms with Crippen LogP contribution in [0.5, 0.6) is 0 Å². The van der Waals surface area contributed by atoms with Gasteiger partial charge in [-0.3, -0.25) is 0 Å². The Hall–Kier alpha value is 0.467. The molecule has 0 heterocycles. The first-order valence-electron chi connectivity index (χ1n) is 6.44. The van der Waals surface area contributed by atoms with Crippen LogP contribution in [0.2, 0.25) is 12.1 Å². The molecule has 0 aromatic carbocycles. The first kappa shape index (κ1) is 15.5. The lowest BCUT2D eigenvalue weighted by Crippen LogP contribution is -2.41. The van der Waals surface area contributed by atoms with Gasteiger partial charge in [-0.15, -0.1) is 11.6 Å². The molecule has 1 nitrogen and oxygen atoms in total. The molecule has 0 unspecified atom stereocenters. The third-order valence-corrected chi connectivity index (χ3v) is 8.12. The van der Waals surface area contributed by atoms with E-state index in [0.29, 0.717) is 0 Å². The highest BCUT2D eigenvalue weighted by Crippen LogP contribution is 2.24. The Morgan fingerprint density at radius 3 is 1.80 bits per heavy atom. The van der Waals surface area contributed by atoms with Crippen LogP contribution in [0.25, 0.3) is 0 Å². The predicted molar refractivity (Wildman–Crippen MR) is 72.1 cm³/mol. The van der Waals surface area contributed by atoms with Crippen molar-refractivity contribution in [2.75, 3.05) is 12.1 Å². The zero-order valence-corrected chi connectivity index (χ0v) is 12.4. The second kappa shape index (κ2) is 9.68. The molecule has 0 bridgehead atoms. The van der Waals surface area contributed by atoms with Gasteiger partial charge in [-0.2, -0.15) is 0 Å². The summed E-state index contributed by atoms with van der Waals surface area (Å²) in [6.07, 6.45) is 6.20. The molecule has 0 saturated carbocycles. The first-order valence-corrected chi connectivity index (χ1v) is 9.51. The summed E-state index contributed by atoms with van der Waals surface area (Å²) in [7, 11) is -1.57. The van der Waals surface area contributed by atoms with Crippen molar-refractivity contribution < 1.29 is 4.43 Å². The molecule has 0 aliphatic rings. The summed E-state index contributed by atoms with van der Waals surface area (Å²) in [6, 6.07) is 2.51. The van der Waals surface area contributed by atoms with Gasteiger partial charge < -0.3 is 4.43 Å². The maximum atomic E-state index is 6.17. The largest absolute Gasteiger partial charge is 0.416 e. The van der Waals surface area contributed by atoms with Crippen LogP contribution in [0.15, 0.2) is 0 Å². The van der Waals surface area contributed by atoms with Gasteiger partial charge in [0.2, 0.25) is 8.32 Å². The quantitative estimate of drug-likeness (QED) is 0.402. The summed E-state index contributed by atoms with van der Waals surface area (Å²) in [6.45, 7) is 7.57. The molecule has 0 aromatic rings. The van der Waals surface area contributed by atoms with Crippen LogP contribution in [-0.4, -0.2) is 20.4 Å². The molecular weight excluding hydrogens is 224 g/mol. The molecule has 0 aromatic heterocycles. The van der Waals surface area contributed by atoms with Crippen LogP contribution < -0.4 is 0 Å². The molecular formula is C12H27ClOSi. The number of hydrogen-bond acceptors (Lipinski definition) is 1. The van der Waals surface area contributed by atoms with E-state index in [9.17, 15) is 0 Å². The molecule has 3 heteroatoms. The monoisotopic (exact) mass is 250 g/mol. The maximum Gasteiger partial charge on any atom is 0.207 e. The minimum Gasteiger partial charge on any atom is -0.416 e. The first-order chi connectivity index (χ1) is 7.24. The zero-order chi connectivity index (χ0) is 11.6. The Morgan fingerprint density at radius 2 is 1.47 bits per heavy atom. The number of unbranched alkanes of at least 4 members (excludes halogenated alkanes) is 2. The van der Waals surface area contributed by atoms with Gasteiger partial charge in [0.1, 0.15) is 0 Å². The van der Waals surface area contributed by atoms with Crippen molar-refractivity contribution in [3.8, 4) is 0 Å². The molecule has 0 fully saturated rings. The van der Waals surface area contributed by atoms with Crippen molar-refractivity contribution in [3.63, 3.8) is 0 Å². The number of hydrogen-bond donors (Lipinski definition) is 0. The van der Waals surface area contributed by atoms with E-state index in [1.54, 1.807) is 0 Å². The molecule has 0 atom stereocenters. The highest BCUT2D eigenvalue weighted by Gasteiger charge is 2.32. The van der Waals surface area contributed by atoms with Crippen LogP contribution >= 0.6 is 11.6 Å². The minimum atomic E-state index is -1.57. The molecule has 0 radical (unpaired) electrons. The Labute approximate surface area is 102 Å². The van der Waals surface area contributed by atoms with E-state index in [4.69, 9.17) is 16.0 Å². The van der Waals surface area contributed by atoms with Crippen LogP contribution in [0.3, 0.4) is 0 Å². The Kier molecular flexibility index (Phi) is 9.98. The molecule has 0 saturated heterocycles. The summed E-state index contributed by atoms with van der Waals surface area (Å²) in [4.78, 5) is 0. The second-order valence-electron chi connectivity index (χ2n) is 4.37. The van der Waals surface area contributed by atoms with Gasteiger partial charge in [-0.1, -0.05) is 46.5 Å². The molecule has 0 amide bonds. The van der Waals surface area contributed by atoms with Gasteiger partial charge in [0, 0.05) is 12.1 Å². The summed E-state index contributed by atoms with van der Waals surface area (Å²) in [5.41, 5.74) is 0.785. The second-order valence-corrected chi connectivity index (χ2v) is 9.10. The highest BCUT2D eigenvalue weighted by atomic mass is 35.5. The fourth-order valence-corrected chi connectivity index (χ4v) is 6.31. The van der Waals surface area contributed by atoms with Gasteiger partial charge in [0.05, 0.1) is 0 Å². The summed E-state index contributed by atoms with van der Waals surface area (Å²) < 4.78 is 6.14. The molecule has 92 valence electrons. The highest BCUT2D eigenvalue weighted by molar-refractivity contribution is 6.80. The molecule has 0 spiro atoms. The zero-order valence-electron chi connectivity index (χ0n) is 10.7. The summed E-state index contributed by atoms with van der Waals surface area (Å²) >= 11 is 6.17. The molecule has 0 rings (SSSR count). The topological polar surface area (TPSA) is 9.23 Å². The standard InChI is InChI=1S/C12H27ClOSi/c1-4-7-10-15(12-13,11-8-5-2)14-9-6-3/h4-12H2,1-3H3. The molecule has 15 heavy (non-hydrogen) atoms. The van der Waals surface area contributed by atoms with Crippen molar-refractivity contribution in [1.82, 2.24) is 0 Å². The van der Waals surface area contributed by atoms with Crippen molar-refractivity contribution in [3.05, 3.63) is 0 Å². The Bertz CT molecular complexity index is 120. The lowest BCUT2D eigenvalue weighted by atomic mass is 10.4. The van der Waals surface area contributed by atoms with Gasteiger partial charge in [-0.25, -0.2) is 0 Å². The van der Waals surface area contributed by atoms with Crippen LogP contribution in [0.4, 0.5) is 0 Å². The SMILES string of the molecule is CCCC[Si](CCl)(CCCC)OCCC. The Balaban J connectivity index is 4.16. The van der Waals surface area contributed by atoms with E-state index in [-0.39, 0.29) is 0 Å². The van der Waals surface area contributed by atoms with E-state index >= 15 is 0 Å². The maximum absolute atomic E-state index is 6.17. The minimum absolute atomic E-state index is 0.785. The van der Waals surface area contributed by atoms with Gasteiger partial charge in [0.25, 0.3) is 0 Å². The van der Waals surface area contributed by atoms with Crippen molar-refractivity contribution in [1.29, 1.82) is 0 Å². The van der Waals surface area contributed by atoms with Gasteiger partial charge in [0.15, 0.2) is 0 Å². The smallest absolute Gasteiger partial charge is 0.207 e. The van der Waals surface area contributed by atoms with Crippen molar-refractivity contribution >= 4 is 19.9 Å². The molecule has 0 N–H and O–H groups in total. The number of rotatable bonds is 10. The van der Waals surface area contributed by atoms with Crippen molar-refractivity contribution in [2.45, 2.75) is 65.0 Å². The van der Waals surface area contributed by atoms with E-state index in [0.717, 1.165) is 18.5 Å². The summed E-state index contributed by atoms with van der Waals surface area (Å²) in [5.74, 6) is 0. The van der Waals surface area contributed by atoms with Crippen molar-refractivity contribution in [2.24, 2.45) is 0 Å². The molecule has 0 aliphatic carbocycles. The average Bonchev–Trinajstić information content (AvgIpc) is 2.29. The van der Waals surface area contributed by atoms with Gasteiger partial charge >= 0.3 is 0 Å². The Morgan fingerprint density at radius 1 is 0.933 bits per heavy atom.